The number of carbonyl (C=O) groups is 1. The largest absolute Gasteiger partial charge is 0.292 e. The molecule has 82 valence electrons. The van der Waals surface area contributed by atoms with Gasteiger partial charge in [-0.2, -0.15) is 0 Å². The van der Waals surface area contributed by atoms with E-state index in [-0.39, 0.29) is 5.75 Å². The fourth-order valence-electron chi connectivity index (χ4n) is 1.04. The summed E-state index contributed by atoms with van der Waals surface area (Å²) in [6.07, 6.45) is 0. The SMILES string of the molecule is CCS(=O)(=O)[C@H](Br)C(=O)c1ccccc1. The van der Waals surface area contributed by atoms with Gasteiger partial charge in [-0.05, 0) is 0 Å². The van der Waals surface area contributed by atoms with Gasteiger partial charge < -0.3 is 0 Å². The van der Waals surface area contributed by atoms with Gasteiger partial charge in [-0.25, -0.2) is 8.42 Å². The summed E-state index contributed by atoms with van der Waals surface area (Å²) in [5.41, 5.74) is 0.399. The number of hydrogen-bond acceptors (Lipinski definition) is 3. The molecule has 0 saturated carbocycles. The number of rotatable bonds is 4. The molecular weight excluding hydrogens is 280 g/mol. The van der Waals surface area contributed by atoms with E-state index in [1.165, 1.54) is 6.92 Å². The first-order valence-corrected chi connectivity index (χ1v) is 7.07. The summed E-state index contributed by atoms with van der Waals surface area (Å²) in [6.45, 7) is 1.52. The number of Topliss-reactive ketones (excluding diaryl/α,β-unsaturated/α-hetero) is 1. The van der Waals surface area contributed by atoms with Crippen LogP contribution in [-0.2, 0) is 9.84 Å². The minimum atomic E-state index is -3.38. The summed E-state index contributed by atoms with van der Waals surface area (Å²) in [4.78, 5) is 11.7. The van der Waals surface area contributed by atoms with Gasteiger partial charge in [-0.15, -0.1) is 0 Å². The lowest BCUT2D eigenvalue weighted by Gasteiger charge is -2.08. The van der Waals surface area contributed by atoms with Gasteiger partial charge in [0.25, 0.3) is 0 Å². The molecule has 0 aliphatic heterocycles. The van der Waals surface area contributed by atoms with E-state index in [2.05, 4.69) is 15.9 Å². The molecule has 0 heterocycles. The maximum absolute atomic E-state index is 11.7. The molecule has 0 saturated heterocycles. The zero-order valence-corrected chi connectivity index (χ0v) is 10.6. The van der Waals surface area contributed by atoms with Crippen molar-refractivity contribution in [2.45, 2.75) is 11.1 Å². The summed E-state index contributed by atoms with van der Waals surface area (Å²) in [5, 5.41) is 0. The number of sulfone groups is 1. The van der Waals surface area contributed by atoms with E-state index in [0.717, 1.165) is 0 Å². The highest BCUT2D eigenvalue weighted by molar-refractivity contribution is 9.11. The van der Waals surface area contributed by atoms with E-state index in [1.807, 2.05) is 0 Å². The van der Waals surface area contributed by atoms with Crippen molar-refractivity contribution in [1.82, 2.24) is 0 Å². The molecule has 1 atom stereocenters. The van der Waals surface area contributed by atoms with Crippen LogP contribution in [0.25, 0.3) is 0 Å². The molecule has 15 heavy (non-hydrogen) atoms. The molecule has 0 aliphatic carbocycles. The lowest BCUT2D eigenvalue weighted by Crippen LogP contribution is -2.25. The Bertz CT molecular complexity index is 439. The topological polar surface area (TPSA) is 51.2 Å². The molecule has 0 spiro atoms. The van der Waals surface area contributed by atoms with Gasteiger partial charge in [-0.3, -0.25) is 4.79 Å². The maximum atomic E-state index is 11.7. The molecule has 0 fully saturated rings. The minimum absolute atomic E-state index is 0.0541. The molecule has 0 amide bonds. The molecule has 0 N–H and O–H groups in total. The third-order valence-electron chi connectivity index (χ3n) is 1.98. The third-order valence-corrected chi connectivity index (χ3v) is 5.76. The number of benzene rings is 1. The zero-order valence-electron chi connectivity index (χ0n) is 8.18. The van der Waals surface area contributed by atoms with E-state index >= 15 is 0 Å². The van der Waals surface area contributed by atoms with Crippen LogP contribution in [-0.4, -0.2) is 24.1 Å². The van der Waals surface area contributed by atoms with Gasteiger partial charge in [-0.1, -0.05) is 53.2 Å². The van der Waals surface area contributed by atoms with Crippen molar-refractivity contribution >= 4 is 31.6 Å². The number of carbonyl (C=O) groups excluding carboxylic acids is 1. The van der Waals surface area contributed by atoms with Crippen molar-refractivity contribution in [3.63, 3.8) is 0 Å². The Kier molecular flexibility index (Phi) is 4.04. The maximum Gasteiger partial charge on any atom is 0.191 e. The molecule has 1 aromatic carbocycles. The Morgan fingerprint density at radius 2 is 1.87 bits per heavy atom. The van der Waals surface area contributed by atoms with E-state index in [0.29, 0.717) is 5.56 Å². The minimum Gasteiger partial charge on any atom is -0.292 e. The Labute approximate surface area is 97.5 Å². The van der Waals surface area contributed by atoms with Crippen molar-refractivity contribution in [3.8, 4) is 0 Å². The van der Waals surface area contributed by atoms with Crippen LogP contribution in [0.2, 0.25) is 0 Å². The summed E-state index contributed by atoms with van der Waals surface area (Å²) in [6, 6.07) is 8.37. The molecule has 0 bridgehead atoms. The van der Waals surface area contributed by atoms with Gasteiger partial charge in [0.05, 0.1) is 0 Å². The molecule has 0 unspecified atom stereocenters. The van der Waals surface area contributed by atoms with Crippen LogP contribution in [0.5, 0.6) is 0 Å². The lowest BCUT2D eigenvalue weighted by atomic mass is 10.2. The van der Waals surface area contributed by atoms with Crippen LogP contribution in [0, 0.1) is 0 Å². The molecule has 5 heteroatoms. The summed E-state index contributed by atoms with van der Waals surface area (Å²) >= 11 is 2.92. The Balaban J connectivity index is 2.97. The zero-order chi connectivity index (χ0) is 11.5. The monoisotopic (exact) mass is 290 g/mol. The summed E-state index contributed by atoms with van der Waals surface area (Å²) in [7, 11) is -3.38. The molecule has 1 aromatic rings. The van der Waals surface area contributed by atoms with Crippen LogP contribution in [0.15, 0.2) is 30.3 Å². The van der Waals surface area contributed by atoms with Gasteiger partial charge in [0.2, 0.25) is 0 Å². The van der Waals surface area contributed by atoms with Gasteiger partial charge in [0.1, 0.15) is 0 Å². The van der Waals surface area contributed by atoms with E-state index < -0.39 is 19.8 Å². The van der Waals surface area contributed by atoms with E-state index in [1.54, 1.807) is 30.3 Å². The lowest BCUT2D eigenvalue weighted by molar-refractivity contribution is 0.101. The number of alkyl halides is 1. The first-order valence-electron chi connectivity index (χ1n) is 4.44. The quantitative estimate of drug-likeness (QED) is 0.630. The average molecular weight is 291 g/mol. The fraction of sp³-hybridized carbons (Fsp3) is 0.300. The van der Waals surface area contributed by atoms with Crippen LogP contribution >= 0.6 is 15.9 Å². The molecule has 0 radical (unpaired) electrons. The van der Waals surface area contributed by atoms with E-state index in [9.17, 15) is 13.2 Å². The highest BCUT2D eigenvalue weighted by Crippen LogP contribution is 2.16. The van der Waals surface area contributed by atoms with Gasteiger partial charge in [0.15, 0.2) is 19.8 Å². The highest BCUT2D eigenvalue weighted by Gasteiger charge is 2.28. The first-order chi connectivity index (χ1) is 6.99. The first kappa shape index (κ1) is 12.4. The normalized spacial score (nSPS) is 13.5. The van der Waals surface area contributed by atoms with Gasteiger partial charge in [0, 0.05) is 11.3 Å². The second-order valence-electron chi connectivity index (χ2n) is 3.00. The highest BCUT2D eigenvalue weighted by atomic mass is 79.9. The molecule has 1 rings (SSSR count). The smallest absolute Gasteiger partial charge is 0.191 e. The predicted octanol–water partition coefficient (Wildman–Crippen LogP) is 2.03. The van der Waals surface area contributed by atoms with Crippen molar-refractivity contribution in [2.75, 3.05) is 5.75 Å². The van der Waals surface area contributed by atoms with Crippen molar-refractivity contribution in [2.24, 2.45) is 0 Å². The summed E-state index contributed by atoms with van der Waals surface area (Å²) < 4.78 is 21.8. The second kappa shape index (κ2) is 4.90. The molecule has 0 aliphatic rings. The standard InChI is InChI=1S/C10H11BrO3S/c1-2-15(13,14)10(11)9(12)8-6-4-3-5-7-8/h3-7,10H,2H2,1H3/t10-/m0/s1. The van der Waals surface area contributed by atoms with Crippen LogP contribution < -0.4 is 0 Å². The second-order valence-corrected chi connectivity index (χ2v) is 6.89. The van der Waals surface area contributed by atoms with Crippen LogP contribution in [0.1, 0.15) is 17.3 Å². The number of halogens is 1. The van der Waals surface area contributed by atoms with Crippen molar-refractivity contribution in [3.05, 3.63) is 35.9 Å². The van der Waals surface area contributed by atoms with Crippen molar-refractivity contribution in [1.29, 1.82) is 0 Å². The fourth-order valence-corrected chi connectivity index (χ4v) is 2.86. The van der Waals surface area contributed by atoms with Gasteiger partial charge >= 0.3 is 0 Å². The Hall–Kier alpha value is -0.680. The number of hydrogen-bond donors (Lipinski definition) is 0. The average Bonchev–Trinajstić information content (AvgIpc) is 2.28. The van der Waals surface area contributed by atoms with E-state index in [4.69, 9.17) is 0 Å². The molecule has 3 nitrogen and oxygen atoms in total. The number of ketones is 1. The predicted molar refractivity (Wildman–Crippen MR) is 62.9 cm³/mol. The molecule has 0 aromatic heterocycles. The third kappa shape index (κ3) is 2.89. The Morgan fingerprint density at radius 1 is 1.33 bits per heavy atom. The van der Waals surface area contributed by atoms with Crippen LogP contribution in [0.3, 0.4) is 0 Å². The molecular formula is C10H11BrO3S. The summed E-state index contributed by atoms with van der Waals surface area (Å²) in [5.74, 6) is -0.473. The van der Waals surface area contributed by atoms with Crippen LogP contribution in [0.4, 0.5) is 0 Å². The Morgan fingerprint density at radius 3 is 2.33 bits per heavy atom. The van der Waals surface area contributed by atoms with Crippen molar-refractivity contribution < 1.29 is 13.2 Å².